The van der Waals surface area contributed by atoms with Crippen LogP contribution in [0.3, 0.4) is 0 Å². The molecule has 2 rings (SSSR count). The van der Waals surface area contributed by atoms with Gasteiger partial charge in [-0.1, -0.05) is 0 Å². The molecule has 108 valence electrons. The lowest BCUT2D eigenvalue weighted by Gasteiger charge is -2.06. The highest BCUT2D eigenvalue weighted by Gasteiger charge is 2.16. The van der Waals surface area contributed by atoms with Crippen LogP contribution in [-0.4, -0.2) is 20.5 Å². The number of sulfonamides is 1. The van der Waals surface area contributed by atoms with Crippen molar-refractivity contribution in [2.24, 2.45) is 5.73 Å². The van der Waals surface area contributed by atoms with Crippen molar-refractivity contribution in [3.05, 3.63) is 40.9 Å². The molecule has 6 nitrogen and oxygen atoms in total. The van der Waals surface area contributed by atoms with Crippen molar-refractivity contribution >= 4 is 21.4 Å². The maximum Gasteiger partial charge on any atom is 0.250 e. The van der Waals surface area contributed by atoms with E-state index in [2.05, 4.69) is 9.71 Å². The van der Waals surface area contributed by atoms with Gasteiger partial charge in [0.05, 0.1) is 7.11 Å². The molecular formula is C12H15N3O3S2. The van der Waals surface area contributed by atoms with Crippen molar-refractivity contribution in [1.29, 1.82) is 0 Å². The predicted octanol–water partition coefficient (Wildman–Crippen LogP) is 1.09. The zero-order valence-corrected chi connectivity index (χ0v) is 12.5. The van der Waals surface area contributed by atoms with Crippen LogP contribution >= 0.6 is 11.3 Å². The van der Waals surface area contributed by atoms with Crippen LogP contribution in [0.2, 0.25) is 0 Å². The largest absolute Gasteiger partial charge is 0.481 e. The Morgan fingerprint density at radius 1 is 1.40 bits per heavy atom. The minimum Gasteiger partial charge on any atom is -0.481 e. The van der Waals surface area contributed by atoms with E-state index in [9.17, 15) is 8.42 Å². The van der Waals surface area contributed by atoms with Gasteiger partial charge in [0.1, 0.15) is 4.21 Å². The van der Waals surface area contributed by atoms with Crippen LogP contribution in [0.1, 0.15) is 10.4 Å². The molecule has 0 radical (unpaired) electrons. The zero-order valence-electron chi connectivity index (χ0n) is 10.9. The lowest BCUT2D eigenvalue weighted by atomic mass is 10.3. The predicted molar refractivity (Wildman–Crippen MR) is 77.0 cm³/mol. The molecule has 0 aliphatic carbocycles. The highest BCUT2D eigenvalue weighted by Crippen LogP contribution is 2.21. The average molecular weight is 313 g/mol. The summed E-state index contributed by atoms with van der Waals surface area (Å²) < 4.78 is 32.0. The summed E-state index contributed by atoms with van der Waals surface area (Å²) in [5.41, 5.74) is 6.25. The fraction of sp³-hybridized carbons (Fsp3) is 0.250. The van der Waals surface area contributed by atoms with Gasteiger partial charge in [0.2, 0.25) is 15.9 Å². The number of methoxy groups -OCH3 is 1. The van der Waals surface area contributed by atoms with Crippen molar-refractivity contribution in [3.63, 3.8) is 0 Å². The van der Waals surface area contributed by atoms with Gasteiger partial charge in [-0.2, -0.15) is 0 Å². The van der Waals surface area contributed by atoms with Gasteiger partial charge in [-0.3, -0.25) is 0 Å². The molecule has 20 heavy (non-hydrogen) atoms. The van der Waals surface area contributed by atoms with E-state index in [1.165, 1.54) is 18.4 Å². The molecule has 0 bridgehead atoms. The molecule has 0 amide bonds. The number of hydrogen-bond acceptors (Lipinski definition) is 6. The van der Waals surface area contributed by atoms with Gasteiger partial charge in [-0.25, -0.2) is 18.1 Å². The standard InChI is InChI=1S/C12H15N3O3S2/c1-18-11-6-9(4-5-14-11)8-15-20(16,17)12-3-2-10(7-13)19-12/h2-6,15H,7-8,13H2,1H3. The second kappa shape index (κ2) is 6.31. The Labute approximate surface area is 121 Å². The van der Waals surface area contributed by atoms with Crippen LogP contribution in [0.5, 0.6) is 5.88 Å². The first-order valence-corrected chi connectivity index (χ1v) is 8.12. The molecule has 0 saturated heterocycles. The van der Waals surface area contributed by atoms with Gasteiger partial charge < -0.3 is 10.5 Å². The van der Waals surface area contributed by atoms with Crippen molar-refractivity contribution in [2.75, 3.05) is 7.11 Å². The summed E-state index contributed by atoms with van der Waals surface area (Å²) in [7, 11) is -2.01. The molecule has 0 aliphatic rings. The Morgan fingerprint density at radius 3 is 2.85 bits per heavy atom. The Morgan fingerprint density at radius 2 is 2.20 bits per heavy atom. The summed E-state index contributed by atoms with van der Waals surface area (Å²) in [4.78, 5) is 4.79. The zero-order chi connectivity index (χ0) is 14.6. The van der Waals surface area contributed by atoms with Crippen LogP contribution < -0.4 is 15.2 Å². The highest BCUT2D eigenvalue weighted by atomic mass is 32.2. The summed E-state index contributed by atoms with van der Waals surface area (Å²) in [6.45, 7) is 0.513. The second-order valence-electron chi connectivity index (χ2n) is 3.96. The highest BCUT2D eigenvalue weighted by molar-refractivity contribution is 7.91. The fourth-order valence-electron chi connectivity index (χ4n) is 1.53. The van der Waals surface area contributed by atoms with Crippen LogP contribution in [-0.2, 0) is 23.1 Å². The van der Waals surface area contributed by atoms with Crippen molar-refractivity contribution in [3.8, 4) is 5.88 Å². The third-order valence-electron chi connectivity index (χ3n) is 2.58. The van der Waals surface area contributed by atoms with E-state index in [-0.39, 0.29) is 10.8 Å². The topological polar surface area (TPSA) is 94.3 Å². The van der Waals surface area contributed by atoms with E-state index < -0.39 is 10.0 Å². The molecule has 3 N–H and O–H groups in total. The fourth-order valence-corrected chi connectivity index (χ4v) is 3.83. The number of nitrogens with one attached hydrogen (secondary N) is 1. The van der Waals surface area contributed by atoms with Crippen molar-refractivity contribution in [1.82, 2.24) is 9.71 Å². The molecule has 2 heterocycles. The van der Waals surface area contributed by atoms with Gasteiger partial charge in [0.15, 0.2) is 0 Å². The monoisotopic (exact) mass is 313 g/mol. The summed E-state index contributed by atoms with van der Waals surface area (Å²) in [5, 5.41) is 0. The first-order chi connectivity index (χ1) is 9.55. The number of nitrogens with two attached hydrogens (primary N) is 1. The molecule has 0 saturated carbocycles. The molecule has 0 aliphatic heterocycles. The molecule has 0 unspecified atom stereocenters. The lowest BCUT2D eigenvalue weighted by Crippen LogP contribution is -2.22. The van der Waals surface area contributed by atoms with Crippen LogP contribution in [0.4, 0.5) is 0 Å². The van der Waals surface area contributed by atoms with Crippen LogP contribution in [0, 0.1) is 0 Å². The second-order valence-corrected chi connectivity index (χ2v) is 7.12. The number of hydrogen-bond donors (Lipinski definition) is 2. The summed E-state index contributed by atoms with van der Waals surface area (Å²) in [5.74, 6) is 0.447. The molecule has 0 atom stereocenters. The van der Waals surface area contributed by atoms with E-state index in [1.54, 1.807) is 30.5 Å². The van der Waals surface area contributed by atoms with Gasteiger partial charge in [0.25, 0.3) is 0 Å². The van der Waals surface area contributed by atoms with Gasteiger partial charge in [-0.05, 0) is 23.8 Å². The Balaban J connectivity index is 2.08. The first kappa shape index (κ1) is 14.9. The molecule has 2 aromatic rings. The van der Waals surface area contributed by atoms with Crippen molar-refractivity contribution < 1.29 is 13.2 Å². The maximum atomic E-state index is 12.1. The summed E-state index contributed by atoms with van der Waals surface area (Å²) in [6, 6.07) is 6.68. The Kier molecular flexibility index (Phi) is 4.71. The lowest BCUT2D eigenvalue weighted by molar-refractivity contribution is 0.397. The van der Waals surface area contributed by atoms with E-state index in [1.807, 2.05) is 0 Å². The van der Waals surface area contributed by atoms with E-state index in [0.29, 0.717) is 12.4 Å². The molecule has 0 fully saturated rings. The minimum atomic E-state index is -3.52. The van der Waals surface area contributed by atoms with Crippen LogP contribution in [0.15, 0.2) is 34.7 Å². The van der Waals surface area contributed by atoms with E-state index in [4.69, 9.17) is 10.5 Å². The Bertz CT molecular complexity index is 683. The molecule has 8 heteroatoms. The number of pyridine rings is 1. The normalized spacial score (nSPS) is 11.5. The SMILES string of the molecule is COc1cc(CNS(=O)(=O)c2ccc(CN)s2)ccn1. The minimum absolute atomic E-state index is 0.178. The van der Waals surface area contributed by atoms with E-state index >= 15 is 0 Å². The molecule has 2 aromatic heterocycles. The van der Waals surface area contributed by atoms with E-state index in [0.717, 1.165) is 10.4 Å². The number of rotatable bonds is 6. The van der Waals surface area contributed by atoms with Crippen LogP contribution in [0.25, 0.3) is 0 Å². The third kappa shape index (κ3) is 3.54. The first-order valence-electron chi connectivity index (χ1n) is 5.82. The molecular weight excluding hydrogens is 298 g/mol. The number of thiophene rings is 1. The van der Waals surface area contributed by atoms with Crippen molar-refractivity contribution in [2.45, 2.75) is 17.3 Å². The third-order valence-corrected chi connectivity index (χ3v) is 5.58. The maximum absolute atomic E-state index is 12.1. The van der Waals surface area contributed by atoms with Gasteiger partial charge in [0, 0.05) is 30.2 Å². The number of aromatic nitrogens is 1. The summed E-state index contributed by atoms with van der Waals surface area (Å²) in [6.07, 6.45) is 1.57. The quantitative estimate of drug-likeness (QED) is 0.832. The number of ether oxygens (including phenoxy) is 1. The summed E-state index contributed by atoms with van der Waals surface area (Å²) >= 11 is 1.17. The Hall–Kier alpha value is -1.48. The van der Waals surface area contributed by atoms with Gasteiger partial charge in [-0.15, -0.1) is 11.3 Å². The average Bonchev–Trinajstić information content (AvgIpc) is 2.95. The molecule has 0 spiro atoms. The number of nitrogens with zero attached hydrogens (tertiary/aromatic N) is 1. The smallest absolute Gasteiger partial charge is 0.250 e. The molecule has 0 aromatic carbocycles. The van der Waals surface area contributed by atoms with Gasteiger partial charge >= 0.3 is 0 Å².